The van der Waals surface area contributed by atoms with Crippen LogP contribution < -0.4 is 4.74 Å². The highest BCUT2D eigenvalue weighted by Crippen LogP contribution is 2.32. The van der Waals surface area contributed by atoms with Gasteiger partial charge in [0, 0.05) is 19.6 Å². The van der Waals surface area contributed by atoms with Crippen molar-refractivity contribution >= 4 is 29.2 Å². The highest BCUT2D eigenvalue weighted by atomic mass is 35.5. The molecular weight excluding hydrogens is 301 g/mol. The quantitative estimate of drug-likeness (QED) is 0.907. The van der Waals surface area contributed by atoms with E-state index in [0.717, 1.165) is 6.54 Å². The lowest BCUT2D eigenvalue weighted by molar-refractivity contribution is -0.142. The van der Waals surface area contributed by atoms with E-state index >= 15 is 0 Å². The Kier molecular flexibility index (Phi) is 5.13. The maximum Gasteiger partial charge on any atom is 0.308 e. The molecule has 20 heavy (non-hydrogen) atoms. The molecule has 0 radical (unpaired) electrons. The standard InChI is InChI=1S/C14H17Cl2NO3/c1-9-7-17(8-10(9)14(18)19)5-6-20-13-11(15)3-2-4-12(13)16/h2-4,9-10H,5-8H2,1H3,(H,18,19)/t9-,10-/m1/s1. The van der Waals surface area contributed by atoms with Gasteiger partial charge in [0.15, 0.2) is 5.75 Å². The minimum Gasteiger partial charge on any atom is -0.489 e. The number of hydrogen-bond donors (Lipinski definition) is 1. The van der Waals surface area contributed by atoms with Crippen LogP contribution in [0.2, 0.25) is 10.0 Å². The van der Waals surface area contributed by atoms with E-state index in [1.165, 1.54) is 0 Å². The van der Waals surface area contributed by atoms with Crippen LogP contribution in [-0.4, -0.2) is 42.2 Å². The Balaban J connectivity index is 1.84. The van der Waals surface area contributed by atoms with Gasteiger partial charge in [0.2, 0.25) is 0 Å². The number of carboxylic acids is 1. The molecule has 0 aromatic heterocycles. The second kappa shape index (κ2) is 6.66. The van der Waals surface area contributed by atoms with Crippen LogP contribution in [-0.2, 0) is 4.79 Å². The Morgan fingerprint density at radius 1 is 1.40 bits per heavy atom. The van der Waals surface area contributed by atoms with Gasteiger partial charge < -0.3 is 9.84 Å². The van der Waals surface area contributed by atoms with Gasteiger partial charge in [-0.25, -0.2) is 0 Å². The van der Waals surface area contributed by atoms with Crippen LogP contribution in [0, 0.1) is 11.8 Å². The average Bonchev–Trinajstić information content (AvgIpc) is 2.74. The number of carbonyl (C=O) groups is 1. The van der Waals surface area contributed by atoms with Crippen molar-refractivity contribution in [3.05, 3.63) is 28.2 Å². The molecule has 6 heteroatoms. The molecule has 0 spiro atoms. The van der Waals surface area contributed by atoms with E-state index in [4.69, 9.17) is 33.0 Å². The summed E-state index contributed by atoms with van der Waals surface area (Å²) in [4.78, 5) is 13.1. The van der Waals surface area contributed by atoms with Gasteiger partial charge in [-0.15, -0.1) is 0 Å². The number of rotatable bonds is 5. The lowest BCUT2D eigenvalue weighted by Gasteiger charge is -2.16. The molecule has 1 saturated heterocycles. The van der Waals surface area contributed by atoms with Gasteiger partial charge in [-0.05, 0) is 18.1 Å². The zero-order chi connectivity index (χ0) is 14.7. The second-order valence-electron chi connectivity index (χ2n) is 5.08. The summed E-state index contributed by atoms with van der Waals surface area (Å²) in [5.74, 6) is -0.372. The van der Waals surface area contributed by atoms with Crippen LogP contribution in [0.3, 0.4) is 0 Å². The number of likely N-dealkylation sites (tertiary alicyclic amines) is 1. The number of aliphatic carboxylic acids is 1. The van der Waals surface area contributed by atoms with Crippen molar-refractivity contribution in [2.24, 2.45) is 11.8 Å². The van der Waals surface area contributed by atoms with Crippen LogP contribution in [0.4, 0.5) is 0 Å². The molecule has 4 nitrogen and oxygen atoms in total. The predicted molar refractivity (Wildman–Crippen MR) is 78.7 cm³/mol. The molecule has 1 aliphatic heterocycles. The predicted octanol–water partition coefficient (Wildman–Crippen LogP) is 3.02. The summed E-state index contributed by atoms with van der Waals surface area (Å²) < 4.78 is 5.61. The Bertz CT molecular complexity index is 475. The Morgan fingerprint density at radius 3 is 2.60 bits per heavy atom. The summed E-state index contributed by atoms with van der Waals surface area (Å²) in [6.07, 6.45) is 0. The molecule has 1 aromatic rings. The number of halogens is 2. The lowest BCUT2D eigenvalue weighted by Crippen LogP contribution is -2.27. The Hall–Kier alpha value is -0.970. The van der Waals surface area contributed by atoms with Gasteiger partial charge in [-0.1, -0.05) is 36.2 Å². The molecule has 0 aliphatic carbocycles. The molecule has 1 fully saturated rings. The molecule has 2 rings (SSSR count). The van der Waals surface area contributed by atoms with Crippen molar-refractivity contribution in [3.63, 3.8) is 0 Å². The van der Waals surface area contributed by atoms with E-state index in [2.05, 4.69) is 4.90 Å². The lowest BCUT2D eigenvalue weighted by atomic mass is 9.99. The first kappa shape index (κ1) is 15.4. The fourth-order valence-electron chi connectivity index (χ4n) is 2.47. The fraction of sp³-hybridized carbons (Fsp3) is 0.500. The number of nitrogens with zero attached hydrogens (tertiary/aromatic N) is 1. The highest BCUT2D eigenvalue weighted by molar-refractivity contribution is 6.37. The third-order valence-corrected chi connectivity index (χ3v) is 4.17. The van der Waals surface area contributed by atoms with Crippen LogP contribution in [0.1, 0.15) is 6.92 Å². The minimum absolute atomic E-state index is 0.163. The van der Waals surface area contributed by atoms with Gasteiger partial charge in [-0.3, -0.25) is 9.69 Å². The topological polar surface area (TPSA) is 49.8 Å². The zero-order valence-corrected chi connectivity index (χ0v) is 12.7. The number of ether oxygens (including phenoxy) is 1. The average molecular weight is 318 g/mol. The van der Waals surface area contributed by atoms with Gasteiger partial charge in [-0.2, -0.15) is 0 Å². The van der Waals surface area contributed by atoms with E-state index in [-0.39, 0.29) is 11.8 Å². The Labute approximate surface area is 128 Å². The SMILES string of the molecule is C[C@@H]1CN(CCOc2c(Cl)cccc2Cl)C[C@H]1C(=O)O. The van der Waals surface area contributed by atoms with E-state index < -0.39 is 5.97 Å². The van der Waals surface area contributed by atoms with Crippen LogP contribution in [0.15, 0.2) is 18.2 Å². The number of carboxylic acid groups (broad SMARTS) is 1. The van der Waals surface area contributed by atoms with Crippen LogP contribution in [0.25, 0.3) is 0 Å². The normalized spacial score (nSPS) is 22.9. The van der Waals surface area contributed by atoms with Gasteiger partial charge in [0.05, 0.1) is 16.0 Å². The molecule has 1 aromatic carbocycles. The molecule has 0 bridgehead atoms. The molecule has 1 N–H and O–H groups in total. The van der Waals surface area contributed by atoms with Gasteiger partial charge in [0.25, 0.3) is 0 Å². The summed E-state index contributed by atoms with van der Waals surface area (Å²) in [5.41, 5.74) is 0. The summed E-state index contributed by atoms with van der Waals surface area (Å²) in [6, 6.07) is 5.21. The zero-order valence-electron chi connectivity index (χ0n) is 11.2. The molecule has 1 heterocycles. The van der Waals surface area contributed by atoms with E-state index in [1.54, 1.807) is 18.2 Å². The molecule has 0 unspecified atom stereocenters. The smallest absolute Gasteiger partial charge is 0.308 e. The third kappa shape index (κ3) is 3.57. The molecule has 0 amide bonds. The van der Waals surface area contributed by atoms with Crippen LogP contribution in [0.5, 0.6) is 5.75 Å². The molecule has 110 valence electrons. The minimum atomic E-state index is -0.727. The van der Waals surface area contributed by atoms with Gasteiger partial charge in [0.1, 0.15) is 6.61 Å². The van der Waals surface area contributed by atoms with Crippen molar-refractivity contribution < 1.29 is 14.6 Å². The molecule has 2 atom stereocenters. The van der Waals surface area contributed by atoms with Crippen LogP contribution >= 0.6 is 23.2 Å². The van der Waals surface area contributed by atoms with Crippen molar-refractivity contribution in [2.75, 3.05) is 26.2 Å². The van der Waals surface area contributed by atoms with E-state index in [1.807, 2.05) is 6.92 Å². The Morgan fingerprint density at radius 2 is 2.05 bits per heavy atom. The van der Waals surface area contributed by atoms with Crippen molar-refractivity contribution in [3.8, 4) is 5.75 Å². The van der Waals surface area contributed by atoms with E-state index in [9.17, 15) is 4.79 Å². The first-order valence-corrected chi connectivity index (χ1v) is 7.26. The first-order valence-electron chi connectivity index (χ1n) is 6.51. The van der Waals surface area contributed by atoms with E-state index in [0.29, 0.717) is 35.5 Å². The fourth-order valence-corrected chi connectivity index (χ4v) is 2.97. The van der Waals surface area contributed by atoms with Crippen molar-refractivity contribution in [1.82, 2.24) is 4.90 Å². The summed E-state index contributed by atoms with van der Waals surface area (Å²) in [7, 11) is 0. The van der Waals surface area contributed by atoms with Crippen molar-refractivity contribution in [2.45, 2.75) is 6.92 Å². The largest absolute Gasteiger partial charge is 0.489 e. The second-order valence-corrected chi connectivity index (χ2v) is 5.90. The summed E-state index contributed by atoms with van der Waals surface area (Å²) in [6.45, 7) is 4.40. The number of para-hydroxylation sites is 1. The summed E-state index contributed by atoms with van der Waals surface area (Å²) in [5, 5.41) is 10.0. The van der Waals surface area contributed by atoms with Crippen molar-refractivity contribution in [1.29, 1.82) is 0 Å². The molecular formula is C14H17Cl2NO3. The summed E-state index contributed by atoms with van der Waals surface area (Å²) >= 11 is 12.0. The third-order valence-electron chi connectivity index (χ3n) is 3.58. The number of benzene rings is 1. The maximum absolute atomic E-state index is 11.0. The first-order chi connectivity index (χ1) is 9.49. The van der Waals surface area contributed by atoms with Gasteiger partial charge >= 0.3 is 5.97 Å². The maximum atomic E-state index is 11.0. The molecule has 0 saturated carbocycles. The highest BCUT2D eigenvalue weighted by Gasteiger charge is 2.34. The molecule has 1 aliphatic rings. The monoisotopic (exact) mass is 317 g/mol. The number of hydrogen-bond acceptors (Lipinski definition) is 3.